The highest BCUT2D eigenvalue weighted by atomic mass is 31.2. The molecule has 2 N–H and O–H groups in total. The average molecular weight is 354 g/mol. The van der Waals surface area contributed by atoms with E-state index in [0.29, 0.717) is 11.2 Å². The lowest BCUT2D eigenvalue weighted by molar-refractivity contribution is 0.588. The molecule has 0 saturated carbocycles. The van der Waals surface area contributed by atoms with E-state index in [1.807, 2.05) is 24.3 Å². The van der Waals surface area contributed by atoms with Crippen LogP contribution in [0.2, 0.25) is 0 Å². The van der Waals surface area contributed by atoms with Crippen molar-refractivity contribution >= 4 is 45.8 Å². The highest BCUT2D eigenvalue weighted by Gasteiger charge is 2.14. The molecule has 4 aromatic rings. The minimum atomic E-state index is -2.39. The fourth-order valence-electron chi connectivity index (χ4n) is 2.79. The molecule has 0 aliphatic rings. The minimum absolute atomic E-state index is 0.322. The summed E-state index contributed by atoms with van der Waals surface area (Å²) in [5, 5.41) is 12.6. The number of nitrogens with zero attached hydrogens (tertiary/aromatic N) is 2. The minimum Gasteiger partial charge on any atom is -0.338 e. The van der Waals surface area contributed by atoms with Crippen LogP contribution in [0.15, 0.2) is 48.7 Å². The number of anilines is 2. The lowest BCUT2D eigenvalue weighted by Crippen LogP contribution is -2.03. The molecule has 126 valence electrons. The Kier molecular flexibility index (Phi) is 3.58. The molecular formula is C18H16FN4OP. The highest BCUT2D eigenvalue weighted by Crippen LogP contribution is 2.36. The first-order valence-corrected chi connectivity index (χ1v) is 10.4. The fourth-order valence-corrected chi connectivity index (χ4v) is 3.66. The van der Waals surface area contributed by atoms with Gasteiger partial charge in [-0.05, 0) is 55.8 Å². The van der Waals surface area contributed by atoms with Crippen LogP contribution < -0.4 is 10.6 Å². The third-order valence-corrected chi connectivity index (χ3v) is 5.65. The second-order valence-corrected chi connectivity index (χ2v) is 9.52. The Morgan fingerprint density at radius 1 is 1.08 bits per heavy atom. The van der Waals surface area contributed by atoms with Crippen molar-refractivity contribution < 1.29 is 8.96 Å². The number of aromatic nitrogens is 3. The van der Waals surface area contributed by atoms with E-state index >= 15 is 0 Å². The third kappa shape index (κ3) is 2.89. The molecule has 0 aliphatic carbocycles. The molecule has 0 aliphatic heterocycles. The molecule has 0 atom stereocenters. The van der Waals surface area contributed by atoms with Crippen LogP contribution in [0.3, 0.4) is 0 Å². The van der Waals surface area contributed by atoms with Gasteiger partial charge in [0.15, 0.2) is 5.82 Å². The van der Waals surface area contributed by atoms with E-state index in [1.165, 1.54) is 12.1 Å². The summed E-state index contributed by atoms with van der Waals surface area (Å²) >= 11 is 0. The Morgan fingerprint density at radius 3 is 2.72 bits per heavy atom. The molecule has 2 heterocycles. The van der Waals surface area contributed by atoms with Gasteiger partial charge in [0.25, 0.3) is 0 Å². The summed E-state index contributed by atoms with van der Waals surface area (Å²) < 4.78 is 26.0. The maximum atomic E-state index is 13.6. The molecule has 7 heteroatoms. The van der Waals surface area contributed by atoms with Crippen LogP contribution in [0.4, 0.5) is 15.9 Å². The van der Waals surface area contributed by atoms with Gasteiger partial charge in [-0.3, -0.25) is 10.1 Å². The first kappa shape index (κ1) is 15.8. The van der Waals surface area contributed by atoms with E-state index in [4.69, 9.17) is 0 Å². The number of halogens is 1. The smallest absolute Gasteiger partial charge is 0.160 e. The van der Waals surface area contributed by atoms with Crippen LogP contribution in [0.1, 0.15) is 0 Å². The molecule has 4 rings (SSSR count). The van der Waals surface area contributed by atoms with Crippen LogP contribution in [0.25, 0.3) is 21.8 Å². The average Bonchev–Trinajstić information content (AvgIpc) is 2.96. The molecule has 0 fully saturated rings. The molecule has 0 unspecified atom stereocenters. The first-order valence-electron chi connectivity index (χ1n) is 7.77. The lowest BCUT2D eigenvalue weighted by Gasteiger charge is -2.11. The Morgan fingerprint density at radius 2 is 1.92 bits per heavy atom. The Balaban J connectivity index is 1.85. The van der Waals surface area contributed by atoms with Gasteiger partial charge in [0, 0.05) is 22.3 Å². The SMILES string of the molecule is CP(C)(=O)c1ccc2nccc(Nc3n[nH]c4ccc(F)cc34)c2c1. The van der Waals surface area contributed by atoms with Gasteiger partial charge in [-0.15, -0.1) is 0 Å². The maximum Gasteiger partial charge on any atom is 0.160 e. The summed E-state index contributed by atoms with van der Waals surface area (Å²) in [4.78, 5) is 4.35. The van der Waals surface area contributed by atoms with E-state index in [9.17, 15) is 8.96 Å². The van der Waals surface area contributed by atoms with E-state index in [0.717, 1.165) is 27.4 Å². The van der Waals surface area contributed by atoms with E-state index in [-0.39, 0.29) is 5.82 Å². The number of nitrogens with one attached hydrogen (secondary N) is 2. The van der Waals surface area contributed by atoms with E-state index in [1.54, 1.807) is 25.6 Å². The van der Waals surface area contributed by atoms with Gasteiger partial charge in [0.05, 0.1) is 16.7 Å². The molecule has 5 nitrogen and oxygen atoms in total. The number of hydrogen-bond donors (Lipinski definition) is 2. The second-order valence-electron chi connectivity index (χ2n) is 6.30. The number of pyridine rings is 1. The monoisotopic (exact) mass is 354 g/mol. The number of aromatic amines is 1. The summed E-state index contributed by atoms with van der Waals surface area (Å²) in [6.07, 6.45) is 1.69. The highest BCUT2D eigenvalue weighted by molar-refractivity contribution is 7.70. The van der Waals surface area contributed by atoms with Crippen molar-refractivity contribution in [2.24, 2.45) is 0 Å². The first-order chi connectivity index (χ1) is 11.9. The van der Waals surface area contributed by atoms with Crippen LogP contribution in [-0.2, 0) is 4.57 Å². The predicted octanol–water partition coefficient (Wildman–Crippen LogP) is 4.24. The predicted molar refractivity (Wildman–Crippen MR) is 100 cm³/mol. The van der Waals surface area contributed by atoms with Gasteiger partial charge in [-0.1, -0.05) is 0 Å². The topological polar surface area (TPSA) is 70.7 Å². The number of benzene rings is 2. The third-order valence-electron chi connectivity index (χ3n) is 4.12. The molecule has 0 bridgehead atoms. The van der Waals surface area contributed by atoms with Crippen molar-refractivity contribution in [3.05, 3.63) is 54.5 Å². The Bertz CT molecular complexity index is 1150. The fraction of sp³-hybridized carbons (Fsp3) is 0.111. The van der Waals surface area contributed by atoms with Gasteiger partial charge in [-0.2, -0.15) is 5.10 Å². The van der Waals surface area contributed by atoms with E-state index < -0.39 is 7.14 Å². The largest absolute Gasteiger partial charge is 0.338 e. The summed E-state index contributed by atoms with van der Waals surface area (Å²) in [6, 6.07) is 11.9. The van der Waals surface area contributed by atoms with Gasteiger partial charge in [0.1, 0.15) is 13.0 Å². The second kappa shape index (κ2) is 5.67. The van der Waals surface area contributed by atoms with Crippen LogP contribution in [0, 0.1) is 5.82 Å². The van der Waals surface area contributed by atoms with Gasteiger partial charge in [0.2, 0.25) is 0 Å². The molecule has 2 aromatic carbocycles. The van der Waals surface area contributed by atoms with Crippen molar-refractivity contribution in [2.45, 2.75) is 0 Å². The molecule has 2 aromatic heterocycles. The van der Waals surface area contributed by atoms with Gasteiger partial charge < -0.3 is 9.88 Å². The maximum absolute atomic E-state index is 13.6. The normalized spacial score (nSPS) is 12.0. The number of fused-ring (bicyclic) bond motifs is 2. The van der Waals surface area contributed by atoms with Crippen molar-refractivity contribution in [3.63, 3.8) is 0 Å². The summed E-state index contributed by atoms with van der Waals surface area (Å²) in [5.74, 6) is 0.209. The summed E-state index contributed by atoms with van der Waals surface area (Å²) in [5.41, 5.74) is 2.31. The quantitative estimate of drug-likeness (QED) is 0.540. The molecule has 0 radical (unpaired) electrons. The zero-order valence-electron chi connectivity index (χ0n) is 13.7. The standard InChI is InChI=1S/C18H16FN4OP/c1-25(2,24)12-4-6-15-13(10-12)16(7-8-20-15)21-18-14-9-11(19)3-5-17(14)22-23-18/h3-10H,1-2H3,(H2,20,21,22,23). The molecular weight excluding hydrogens is 338 g/mol. The Labute approximate surface area is 143 Å². The zero-order valence-corrected chi connectivity index (χ0v) is 14.6. The van der Waals surface area contributed by atoms with Crippen LogP contribution in [-0.4, -0.2) is 28.5 Å². The number of rotatable bonds is 3. The van der Waals surface area contributed by atoms with Crippen molar-refractivity contribution in [2.75, 3.05) is 18.6 Å². The van der Waals surface area contributed by atoms with Crippen LogP contribution in [0.5, 0.6) is 0 Å². The van der Waals surface area contributed by atoms with Gasteiger partial charge in [-0.25, -0.2) is 4.39 Å². The molecule has 25 heavy (non-hydrogen) atoms. The lowest BCUT2D eigenvalue weighted by atomic mass is 10.2. The zero-order chi connectivity index (χ0) is 17.6. The van der Waals surface area contributed by atoms with Gasteiger partial charge >= 0.3 is 0 Å². The van der Waals surface area contributed by atoms with Crippen molar-refractivity contribution in [1.29, 1.82) is 0 Å². The number of H-pyrrole nitrogens is 1. The summed E-state index contributed by atoms with van der Waals surface area (Å²) in [6.45, 7) is 3.48. The molecule has 0 spiro atoms. The molecule has 0 saturated heterocycles. The molecule has 0 amide bonds. The van der Waals surface area contributed by atoms with Crippen molar-refractivity contribution in [1.82, 2.24) is 15.2 Å². The van der Waals surface area contributed by atoms with E-state index in [2.05, 4.69) is 20.5 Å². The van der Waals surface area contributed by atoms with Crippen molar-refractivity contribution in [3.8, 4) is 0 Å². The summed E-state index contributed by atoms with van der Waals surface area (Å²) in [7, 11) is -2.39. The Hall–Kier alpha value is -2.72. The number of hydrogen-bond acceptors (Lipinski definition) is 4. The van der Waals surface area contributed by atoms with Crippen LogP contribution >= 0.6 is 7.14 Å².